The Kier molecular flexibility index (Phi) is 20.9. The van der Waals surface area contributed by atoms with Gasteiger partial charge in [-0.25, -0.2) is 4.79 Å². The normalized spacial score (nSPS) is 11.4. The van der Waals surface area contributed by atoms with Crippen LogP contribution in [-0.2, 0) is 42.7 Å². The quantitative estimate of drug-likeness (QED) is 0.174. The summed E-state index contributed by atoms with van der Waals surface area (Å²) in [5, 5.41) is 17.0. The Morgan fingerprint density at radius 1 is 0.556 bits per heavy atom. The molecule has 13 heteroatoms. The molecule has 0 aliphatic carbocycles. The average Bonchev–Trinajstić information content (AvgIpc) is 2.77. The van der Waals surface area contributed by atoms with Gasteiger partial charge < -0.3 is 48.3 Å². The van der Waals surface area contributed by atoms with Gasteiger partial charge in [0.1, 0.15) is 5.60 Å². The van der Waals surface area contributed by atoms with E-state index in [1.54, 1.807) is 20.8 Å². The fourth-order valence-electron chi connectivity index (χ4n) is 2.37. The van der Waals surface area contributed by atoms with Crippen molar-refractivity contribution in [2.45, 2.75) is 39.2 Å². The number of aliphatic carboxylic acids is 2. The third-order valence-electron chi connectivity index (χ3n) is 4.07. The van der Waals surface area contributed by atoms with Crippen LogP contribution in [0.1, 0.15) is 33.6 Å². The first-order valence-corrected chi connectivity index (χ1v) is 12.0. The second-order valence-electron chi connectivity index (χ2n) is 8.43. The molecule has 13 nitrogen and oxygen atoms in total. The van der Waals surface area contributed by atoms with E-state index in [0.29, 0.717) is 79.2 Å². The highest BCUT2D eigenvalue weighted by Gasteiger charge is 2.21. The fraction of sp³-hybridized carbons (Fsp3) is 0.870. The van der Waals surface area contributed by atoms with Gasteiger partial charge in [-0.05, 0) is 20.8 Å². The van der Waals surface area contributed by atoms with Gasteiger partial charge in [-0.15, -0.1) is 0 Å². The number of rotatable bonds is 24. The maximum atomic E-state index is 12.5. The minimum absolute atomic E-state index is 0.0386. The SMILES string of the molecule is CC(C)(C)OC(=O)N(CCOCCOCCOCCC(=O)O)CCOCCOCCOCCC(=O)O. The van der Waals surface area contributed by atoms with Crippen LogP contribution in [0.15, 0.2) is 0 Å². The number of hydrogen-bond donors (Lipinski definition) is 2. The van der Waals surface area contributed by atoms with Gasteiger partial charge in [-0.3, -0.25) is 9.59 Å². The molecule has 212 valence electrons. The minimum Gasteiger partial charge on any atom is -0.481 e. The maximum absolute atomic E-state index is 12.5. The van der Waals surface area contributed by atoms with Crippen LogP contribution in [0.5, 0.6) is 0 Å². The molecule has 0 heterocycles. The van der Waals surface area contributed by atoms with Crippen molar-refractivity contribution in [1.29, 1.82) is 0 Å². The highest BCUT2D eigenvalue weighted by Crippen LogP contribution is 2.10. The zero-order chi connectivity index (χ0) is 27.1. The third kappa shape index (κ3) is 25.1. The summed E-state index contributed by atoms with van der Waals surface area (Å²) < 4.78 is 37.4. The number of amides is 1. The summed E-state index contributed by atoms with van der Waals surface area (Å²) >= 11 is 0. The van der Waals surface area contributed by atoms with Crippen LogP contribution in [0.2, 0.25) is 0 Å². The lowest BCUT2D eigenvalue weighted by Crippen LogP contribution is -2.40. The van der Waals surface area contributed by atoms with E-state index in [-0.39, 0.29) is 26.1 Å². The molecule has 2 N–H and O–H groups in total. The Bertz CT molecular complexity index is 546. The largest absolute Gasteiger partial charge is 0.481 e. The number of hydrogen-bond acceptors (Lipinski definition) is 10. The van der Waals surface area contributed by atoms with Crippen LogP contribution in [0, 0.1) is 0 Å². The van der Waals surface area contributed by atoms with Crippen molar-refractivity contribution in [3.63, 3.8) is 0 Å². The number of carboxylic acids is 2. The highest BCUT2D eigenvalue weighted by molar-refractivity contribution is 5.68. The molecule has 0 aromatic heterocycles. The fourth-order valence-corrected chi connectivity index (χ4v) is 2.37. The lowest BCUT2D eigenvalue weighted by atomic mass is 10.2. The summed E-state index contributed by atoms with van der Waals surface area (Å²) in [4.78, 5) is 34.7. The Hall–Kier alpha value is -2.03. The molecule has 1 amide bonds. The molecule has 0 aliphatic rings. The van der Waals surface area contributed by atoms with Gasteiger partial charge in [-0.2, -0.15) is 0 Å². The summed E-state index contributed by atoms with van der Waals surface area (Å²) in [6.45, 7) is 9.59. The van der Waals surface area contributed by atoms with E-state index in [1.165, 1.54) is 4.90 Å². The molecule has 0 aromatic carbocycles. The van der Waals surface area contributed by atoms with Crippen molar-refractivity contribution >= 4 is 18.0 Å². The van der Waals surface area contributed by atoms with Crippen LogP contribution in [-0.4, -0.2) is 131 Å². The second kappa shape index (κ2) is 22.2. The Morgan fingerprint density at radius 2 is 0.861 bits per heavy atom. The van der Waals surface area contributed by atoms with E-state index in [2.05, 4.69) is 0 Å². The van der Waals surface area contributed by atoms with E-state index in [9.17, 15) is 14.4 Å². The van der Waals surface area contributed by atoms with Crippen molar-refractivity contribution in [1.82, 2.24) is 4.90 Å². The van der Waals surface area contributed by atoms with Crippen LogP contribution in [0.25, 0.3) is 0 Å². The van der Waals surface area contributed by atoms with Gasteiger partial charge in [0, 0.05) is 13.1 Å². The van der Waals surface area contributed by atoms with Crippen molar-refractivity contribution in [2.75, 3.05) is 92.4 Å². The molecule has 0 aromatic rings. The van der Waals surface area contributed by atoms with Crippen LogP contribution >= 0.6 is 0 Å². The van der Waals surface area contributed by atoms with E-state index in [1.807, 2.05) is 0 Å². The van der Waals surface area contributed by atoms with Crippen LogP contribution in [0.3, 0.4) is 0 Å². The molecule has 0 spiro atoms. The van der Waals surface area contributed by atoms with E-state index in [4.69, 9.17) is 43.4 Å². The molecule has 0 saturated carbocycles. The van der Waals surface area contributed by atoms with Crippen molar-refractivity contribution in [2.24, 2.45) is 0 Å². The first-order valence-electron chi connectivity index (χ1n) is 12.0. The predicted molar refractivity (Wildman–Crippen MR) is 127 cm³/mol. The second-order valence-corrected chi connectivity index (χ2v) is 8.43. The van der Waals surface area contributed by atoms with Crippen LogP contribution in [0.4, 0.5) is 4.79 Å². The van der Waals surface area contributed by atoms with E-state index >= 15 is 0 Å². The molecule has 0 fully saturated rings. The maximum Gasteiger partial charge on any atom is 0.410 e. The Balaban J connectivity index is 3.94. The summed E-state index contributed by atoms with van der Waals surface area (Å²) in [6, 6.07) is 0. The third-order valence-corrected chi connectivity index (χ3v) is 4.07. The van der Waals surface area contributed by atoms with E-state index in [0.717, 1.165) is 0 Å². The lowest BCUT2D eigenvalue weighted by Gasteiger charge is -2.27. The monoisotopic (exact) mass is 525 g/mol. The predicted octanol–water partition coefficient (Wildman–Crippen LogP) is 1.27. The molecular formula is C23H43NO12. The standard InChI is InChI=1S/C23H43NO12/c1-23(2,3)36-22(29)24(6-10-32-14-18-34-16-12-30-8-4-20(25)26)7-11-33-15-19-35-17-13-31-9-5-21(27)28/h4-19H2,1-3H3,(H,25,26)(H,27,28). The first kappa shape index (κ1) is 34.0. The summed E-state index contributed by atoms with van der Waals surface area (Å²) in [6.07, 6.45) is -0.536. The van der Waals surface area contributed by atoms with Crippen molar-refractivity contribution < 1.29 is 57.8 Å². The van der Waals surface area contributed by atoms with Gasteiger partial charge >= 0.3 is 18.0 Å². The Labute approximate surface area is 212 Å². The zero-order valence-electron chi connectivity index (χ0n) is 21.7. The van der Waals surface area contributed by atoms with Gasteiger partial charge in [0.25, 0.3) is 0 Å². The smallest absolute Gasteiger partial charge is 0.410 e. The first-order chi connectivity index (χ1) is 17.1. The number of nitrogens with zero attached hydrogens (tertiary/aromatic N) is 1. The van der Waals surface area contributed by atoms with E-state index < -0.39 is 23.6 Å². The molecule has 0 saturated heterocycles. The van der Waals surface area contributed by atoms with Gasteiger partial charge in [0.15, 0.2) is 0 Å². The number of carbonyl (C=O) groups excluding carboxylic acids is 1. The zero-order valence-corrected chi connectivity index (χ0v) is 21.7. The molecule has 0 unspecified atom stereocenters. The van der Waals surface area contributed by atoms with Gasteiger partial charge in [-0.1, -0.05) is 0 Å². The summed E-state index contributed by atoms with van der Waals surface area (Å²) in [5.74, 6) is -1.81. The molecule has 0 bridgehead atoms. The Morgan fingerprint density at radius 3 is 1.17 bits per heavy atom. The minimum atomic E-state index is -0.904. The molecular weight excluding hydrogens is 482 g/mol. The summed E-state index contributed by atoms with van der Waals surface area (Å²) in [7, 11) is 0. The van der Waals surface area contributed by atoms with Gasteiger partial charge in [0.05, 0.1) is 92.1 Å². The van der Waals surface area contributed by atoms with Crippen molar-refractivity contribution in [3.05, 3.63) is 0 Å². The molecule has 36 heavy (non-hydrogen) atoms. The number of carbonyl (C=O) groups is 3. The van der Waals surface area contributed by atoms with Gasteiger partial charge in [0.2, 0.25) is 0 Å². The lowest BCUT2D eigenvalue weighted by molar-refractivity contribution is -0.139. The van der Waals surface area contributed by atoms with Crippen molar-refractivity contribution in [3.8, 4) is 0 Å². The molecule has 0 radical (unpaired) electrons. The highest BCUT2D eigenvalue weighted by atomic mass is 16.6. The molecule has 0 atom stereocenters. The number of carboxylic acid groups (broad SMARTS) is 2. The topological polar surface area (TPSA) is 160 Å². The van der Waals surface area contributed by atoms with Crippen LogP contribution < -0.4 is 0 Å². The average molecular weight is 526 g/mol. The molecule has 0 rings (SSSR count). The summed E-state index contributed by atoms with van der Waals surface area (Å²) in [5.41, 5.74) is -0.627. The number of ether oxygens (including phenoxy) is 7. The molecule has 0 aliphatic heterocycles.